The number of benzene rings is 2. The van der Waals surface area contributed by atoms with Crippen molar-refractivity contribution in [2.45, 2.75) is 43.7 Å². The van der Waals surface area contributed by atoms with E-state index in [4.69, 9.17) is 18.9 Å². The van der Waals surface area contributed by atoms with E-state index in [0.717, 1.165) is 36.8 Å². The molecule has 1 saturated carbocycles. The molecule has 0 radical (unpaired) electrons. The summed E-state index contributed by atoms with van der Waals surface area (Å²) in [6.45, 7) is 0.465. The highest BCUT2D eigenvalue weighted by Crippen LogP contribution is 2.51. The highest BCUT2D eigenvalue weighted by Gasteiger charge is 2.50. The van der Waals surface area contributed by atoms with Crippen molar-refractivity contribution in [2.75, 3.05) is 35.0 Å². The van der Waals surface area contributed by atoms with Crippen LogP contribution in [0.5, 0.6) is 23.0 Å². The number of nitrogens with zero attached hydrogens (tertiary/aromatic N) is 1. The van der Waals surface area contributed by atoms with Crippen LogP contribution in [0.4, 0.5) is 0 Å². The molecule has 0 spiro atoms. The average molecular weight is 482 g/mol. The number of hydrogen-bond donors (Lipinski definition) is 1. The molecule has 1 saturated heterocycles. The van der Waals surface area contributed by atoms with Crippen molar-refractivity contribution in [3.05, 3.63) is 53.6 Å². The quantitative estimate of drug-likeness (QED) is 0.581. The largest absolute Gasteiger partial charge is 0.497 e. The van der Waals surface area contributed by atoms with Crippen molar-refractivity contribution >= 4 is 12.0 Å². The summed E-state index contributed by atoms with van der Waals surface area (Å²) in [4.78, 5) is 15.5. The molecule has 1 aliphatic carbocycles. The van der Waals surface area contributed by atoms with Crippen LogP contribution in [0.25, 0.3) is 6.08 Å². The SMILES string of the molecule is COc1ccc(OC)c([C@H]2C3CCCCC3(O)CCN2C(=O)/C=C/c2ccc(OC)c(OC)c2)c1. The van der Waals surface area contributed by atoms with Gasteiger partial charge in [-0.15, -0.1) is 0 Å². The minimum Gasteiger partial charge on any atom is -0.497 e. The van der Waals surface area contributed by atoms with Crippen LogP contribution in [0.3, 0.4) is 0 Å². The predicted molar refractivity (Wildman–Crippen MR) is 134 cm³/mol. The van der Waals surface area contributed by atoms with Crippen molar-refractivity contribution in [3.8, 4) is 23.0 Å². The zero-order chi connectivity index (χ0) is 25.0. The second-order valence-corrected chi connectivity index (χ2v) is 9.24. The highest BCUT2D eigenvalue weighted by molar-refractivity contribution is 5.92. The smallest absolute Gasteiger partial charge is 0.247 e. The van der Waals surface area contributed by atoms with Crippen LogP contribution < -0.4 is 18.9 Å². The van der Waals surface area contributed by atoms with Gasteiger partial charge in [0.15, 0.2) is 11.5 Å². The molecule has 7 nitrogen and oxygen atoms in total. The number of hydrogen-bond acceptors (Lipinski definition) is 6. The molecule has 7 heteroatoms. The van der Waals surface area contributed by atoms with Crippen molar-refractivity contribution in [1.82, 2.24) is 4.90 Å². The van der Waals surface area contributed by atoms with Crippen LogP contribution in [0.1, 0.15) is 49.3 Å². The fraction of sp³-hybridized carbons (Fsp3) is 0.464. The Balaban J connectivity index is 1.70. The summed E-state index contributed by atoms with van der Waals surface area (Å²) >= 11 is 0. The molecule has 0 bridgehead atoms. The maximum atomic E-state index is 13.6. The maximum Gasteiger partial charge on any atom is 0.247 e. The van der Waals surface area contributed by atoms with Crippen LogP contribution in [0, 0.1) is 5.92 Å². The van der Waals surface area contributed by atoms with Gasteiger partial charge in [0, 0.05) is 24.1 Å². The summed E-state index contributed by atoms with van der Waals surface area (Å²) < 4.78 is 21.9. The van der Waals surface area contributed by atoms with Crippen molar-refractivity contribution in [1.29, 1.82) is 0 Å². The zero-order valence-corrected chi connectivity index (χ0v) is 21.0. The molecule has 3 atom stereocenters. The second kappa shape index (κ2) is 10.6. The topological polar surface area (TPSA) is 77.5 Å². The molecule has 1 amide bonds. The van der Waals surface area contributed by atoms with Gasteiger partial charge in [0.2, 0.25) is 5.91 Å². The zero-order valence-electron chi connectivity index (χ0n) is 21.0. The van der Waals surface area contributed by atoms with E-state index in [1.165, 1.54) is 0 Å². The summed E-state index contributed by atoms with van der Waals surface area (Å²) in [6.07, 6.45) is 7.58. The van der Waals surface area contributed by atoms with Gasteiger partial charge >= 0.3 is 0 Å². The lowest BCUT2D eigenvalue weighted by molar-refractivity contribution is -0.151. The number of aliphatic hydroxyl groups is 1. The molecule has 1 aliphatic heterocycles. The van der Waals surface area contributed by atoms with E-state index in [-0.39, 0.29) is 17.9 Å². The Labute approximate surface area is 207 Å². The number of piperidine rings is 1. The number of methoxy groups -OCH3 is 4. The van der Waals surface area contributed by atoms with Gasteiger partial charge in [-0.25, -0.2) is 0 Å². The fourth-order valence-electron chi connectivity index (χ4n) is 5.60. The van der Waals surface area contributed by atoms with Crippen molar-refractivity contribution in [3.63, 3.8) is 0 Å². The normalized spacial score (nSPS) is 24.1. The summed E-state index contributed by atoms with van der Waals surface area (Å²) in [5, 5.41) is 11.6. The Morgan fingerprint density at radius 3 is 2.40 bits per heavy atom. The van der Waals surface area contributed by atoms with Crippen molar-refractivity contribution < 1.29 is 28.8 Å². The molecule has 2 aromatic rings. The fourth-order valence-corrected chi connectivity index (χ4v) is 5.60. The number of likely N-dealkylation sites (tertiary alicyclic amines) is 1. The first-order valence-electron chi connectivity index (χ1n) is 12.1. The number of amides is 1. The van der Waals surface area contributed by atoms with Crippen LogP contribution in [0.2, 0.25) is 0 Å². The standard InChI is InChI=1S/C28H35NO6/c1-32-20-10-12-23(33-2)21(18-20)27-22-7-5-6-14-28(22,31)15-16-29(27)26(30)13-9-19-8-11-24(34-3)25(17-19)35-4/h8-13,17-18,22,27,31H,5-7,14-16H2,1-4H3/b13-9+/t22?,27-,28?/m0/s1. The Morgan fingerprint density at radius 2 is 1.69 bits per heavy atom. The lowest BCUT2D eigenvalue weighted by Crippen LogP contribution is -2.56. The van der Waals surface area contributed by atoms with Crippen LogP contribution in [-0.2, 0) is 4.79 Å². The van der Waals surface area contributed by atoms with E-state index < -0.39 is 5.60 Å². The van der Waals surface area contributed by atoms with Crippen LogP contribution >= 0.6 is 0 Å². The van der Waals surface area contributed by atoms with E-state index in [0.29, 0.717) is 36.0 Å². The first kappa shape index (κ1) is 24.9. The van der Waals surface area contributed by atoms with Gasteiger partial charge in [-0.2, -0.15) is 0 Å². The third kappa shape index (κ3) is 4.96. The monoisotopic (exact) mass is 481 g/mol. The first-order valence-corrected chi connectivity index (χ1v) is 12.1. The Kier molecular flexibility index (Phi) is 7.55. The number of rotatable bonds is 7. The number of carbonyl (C=O) groups excluding carboxylic acids is 1. The van der Waals surface area contributed by atoms with Gasteiger partial charge in [-0.05, 0) is 61.2 Å². The minimum atomic E-state index is -0.791. The third-order valence-electron chi connectivity index (χ3n) is 7.43. The van der Waals surface area contributed by atoms with Gasteiger partial charge in [0.05, 0.1) is 40.1 Å². The van der Waals surface area contributed by atoms with Gasteiger partial charge in [-0.1, -0.05) is 18.9 Å². The molecule has 1 heterocycles. The van der Waals surface area contributed by atoms with Gasteiger partial charge in [-0.3, -0.25) is 4.79 Å². The summed E-state index contributed by atoms with van der Waals surface area (Å²) in [5.41, 5.74) is 0.906. The van der Waals surface area contributed by atoms with Crippen LogP contribution in [-0.4, -0.2) is 56.5 Å². The highest BCUT2D eigenvalue weighted by atomic mass is 16.5. The molecule has 2 aliphatic rings. The molecule has 35 heavy (non-hydrogen) atoms. The second-order valence-electron chi connectivity index (χ2n) is 9.24. The van der Waals surface area contributed by atoms with E-state index in [1.54, 1.807) is 40.6 Å². The molecule has 1 N–H and O–H groups in total. The Morgan fingerprint density at radius 1 is 0.943 bits per heavy atom. The van der Waals surface area contributed by atoms with Crippen molar-refractivity contribution in [2.24, 2.45) is 5.92 Å². The first-order chi connectivity index (χ1) is 16.9. The lowest BCUT2D eigenvalue weighted by atomic mass is 9.66. The van der Waals surface area contributed by atoms with Crippen LogP contribution in [0.15, 0.2) is 42.5 Å². The summed E-state index contributed by atoms with van der Waals surface area (Å²) in [7, 11) is 6.43. The van der Waals surface area contributed by atoms with E-state index in [9.17, 15) is 9.90 Å². The molecule has 2 fully saturated rings. The number of ether oxygens (including phenoxy) is 4. The van der Waals surface area contributed by atoms with Gasteiger partial charge < -0.3 is 29.0 Å². The molecular weight excluding hydrogens is 446 g/mol. The molecule has 188 valence electrons. The van der Waals surface area contributed by atoms with Gasteiger partial charge in [0.25, 0.3) is 0 Å². The third-order valence-corrected chi connectivity index (χ3v) is 7.43. The minimum absolute atomic E-state index is 0.0792. The van der Waals surface area contributed by atoms with E-state index in [2.05, 4.69) is 0 Å². The number of carbonyl (C=O) groups is 1. The average Bonchev–Trinajstić information content (AvgIpc) is 2.90. The summed E-state index contributed by atoms with van der Waals surface area (Å²) in [6, 6.07) is 10.9. The maximum absolute atomic E-state index is 13.6. The molecule has 2 unspecified atom stereocenters. The molecule has 4 rings (SSSR count). The van der Waals surface area contributed by atoms with Gasteiger partial charge in [0.1, 0.15) is 11.5 Å². The molecule has 2 aromatic carbocycles. The lowest BCUT2D eigenvalue weighted by Gasteiger charge is -2.52. The van der Waals surface area contributed by atoms with E-state index >= 15 is 0 Å². The number of fused-ring (bicyclic) bond motifs is 1. The Hall–Kier alpha value is -3.19. The molecular formula is C28H35NO6. The predicted octanol–water partition coefficient (Wildman–Crippen LogP) is 4.63. The summed E-state index contributed by atoms with van der Waals surface area (Å²) in [5.74, 6) is 2.43. The van der Waals surface area contributed by atoms with E-state index in [1.807, 2.05) is 41.3 Å². The molecule has 0 aromatic heterocycles. The Bertz CT molecular complexity index is 1080.